The van der Waals surface area contributed by atoms with Crippen molar-refractivity contribution >= 4 is 0 Å². The second-order valence-electron chi connectivity index (χ2n) is 5.86. The maximum absolute atomic E-state index is 2.33. The van der Waals surface area contributed by atoms with Crippen LogP contribution in [0.1, 0.15) is 70.8 Å². The first-order valence-electron chi connectivity index (χ1n) is 8.20. The largest absolute Gasteiger partial charge is 0.208 e. The molecule has 0 N–H and O–H groups in total. The van der Waals surface area contributed by atoms with E-state index in [0.717, 1.165) is 5.92 Å². The van der Waals surface area contributed by atoms with Crippen LogP contribution in [0.3, 0.4) is 0 Å². The first-order valence-corrected chi connectivity index (χ1v) is 8.20. The summed E-state index contributed by atoms with van der Waals surface area (Å²) >= 11 is 0. The highest BCUT2D eigenvalue weighted by Crippen LogP contribution is 2.17. The average Bonchev–Trinajstić information content (AvgIpc) is 2.44. The van der Waals surface area contributed by atoms with Crippen LogP contribution in [0.2, 0.25) is 0 Å². The van der Waals surface area contributed by atoms with E-state index in [0.29, 0.717) is 0 Å². The summed E-state index contributed by atoms with van der Waals surface area (Å²) in [4.78, 5) is 0. The average molecular weight is 262 g/mol. The Kier molecular flexibility index (Phi) is 8.53. The van der Waals surface area contributed by atoms with Crippen LogP contribution in [-0.4, -0.2) is 0 Å². The van der Waals surface area contributed by atoms with E-state index in [4.69, 9.17) is 0 Å². The highest BCUT2D eigenvalue weighted by molar-refractivity contribution is 5.06. The predicted molar refractivity (Wildman–Crippen MR) is 83.1 cm³/mol. The number of rotatable bonds is 10. The van der Waals surface area contributed by atoms with E-state index in [9.17, 15) is 0 Å². The molecule has 0 bridgehead atoms. The van der Waals surface area contributed by atoms with Gasteiger partial charge in [0.1, 0.15) is 7.05 Å². The minimum absolute atomic E-state index is 0.977. The minimum Gasteiger partial charge on any atom is -0.208 e. The number of hydrogen-bond donors (Lipinski definition) is 0. The quantitative estimate of drug-likeness (QED) is 0.420. The number of aryl methyl sites for hydroxylation is 2. The van der Waals surface area contributed by atoms with Crippen molar-refractivity contribution in [2.75, 3.05) is 0 Å². The lowest BCUT2D eigenvalue weighted by atomic mass is 9.95. The summed E-state index contributed by atoms with van der Waals surface area (Å²) in [6.07, 6.45) is 16.7. The lowest BCUT2D eigenvalue weighted by Crippen LogP contribution is -2.25. The number of nitrogens with zero attached hydrogens (tertiary/aromatic N) is 1. The summed E-state index contributed by atoms with van der Waals surface area (Å²) in [6, 6.07) is 4.49. The van der Waals surface area contributed by atoms with E-state index >= 15 is 0 Å². The van der Waals surface area contributed by atoms with E-state index in [2.05, 4.69) is 50.0 Å². The smallest absolute Gasteiger partial charge is 0.168 e. The van der Waals surface area contributed by atoms with E-state index < -0.39 is 0 Å². The highest BCUT2D eigenvalue weighted by Gasteiger charge is 2.02. The van der Waals surface area contributed by atoms with Gasteiger partial charge in [-0.15, -0.1) is 0 Å². The summed E-state index contributed by atoms with van der Waals surface area (Å²) in [5.74, 6) is 0.977. The topological polar surface area (TPSA) is 3.88 Å². The zero-order chi connectivity index (χ0) is 13.9. The van der Waals surface area contributed by atoms with Gasteiger partial charge in [-0.1, -0.05) is 58.8 Å². The lowest BCUT2D eigenvalue weighted by molar-refractivity contribution is -0.671. The Balaban J connectivity index is 1.98. The molecule has 0 saturated carbocycles. The van der Waals surface area contributed by atoms with Gasteiger partial charge in [0, 0.05) is 12.1 Å². The Bertz CT molecular complexity index is 311. The highest BCUT2D eigenvalue weighted by atomic mass is 14.9. The predicted octanol–water partition coefficient (Wildman–Crippen LogP) is 4.83. The van der Waals surface area contributed by atoms with Crippen molar-refractivity contribution in [1.29, 1.82) is 0 Å². The molecule has 0 unspecified atom stereocenters. The SMILES string of the molecule is CCC(CC)CCCCCCCc1cc[n+](C)cc1. The molecule has 19 heavy (non-hydrogen) atoms. The van der Waals surface area contributed by atoms with Gasteiger partial charge in [0.15, 0.2) is 12.4 Å². The molecule has 1 heterocycles. The van der Waals surface area contributed by atoms with Crippen LogP contribution in [0.15, 0.2) is 24.5 Å². The van der Waals surface area contributed by atoms with E-state index in [1.165, 1.54) is 63.4 Å². The first kappa shape index (κ1) is 16.2. The van der Waals surface area contributed by atoms with Gasteiger partial charge in [0.05, 0.1) is 0 Å². The van der Waals surface area contributed by atoms with Crippen molar-refractivity contribution < 1.29 is 4.57 Å². The summed E-state index contributed by atoms with van der Waals surface area (Å²) in [5.41, 5.74) is 1.48. The van der Waals surface area contributed by atoms with Crippen LogP contribution in [0.4, 0.5) is 0 Å². The number of aromatic nitrogens is 1. The standard InChI is InChI=1S/C18H32N/c1-4-17(5-2)11-9-7-6-8-10-12-18-13-15-19(3)16-14-18/h13-17H,4-12H2,1-3H3/q+1. The first-order chi connectivity index (χ1) is 9.26. The molecule has 0 amide bonds. The van der Waals surface area contributed by atoms with Crippen LogP contribution in [0, 0.1) is 5.92 Å². The Hall–Kier alpha value is -0.850. The molecule has 1 aromatic heterocycles. The van der Waals surface area contributed by atoms with Gasteiger partial charge in [-0.3, -0.25) is 0 Å². The van der Waals surface area contributed by atoms with Gasteiger partial charge >= 0.3 is 0 Å². The van der Waals surface area contributed by atoms with Crippen molar-refractivity contribution in [3.8, 4) is 0 Å². The van der Waals surface area contributed by atoms with Gasteiger partial charge in [0.2, 0.25) is 0 Å². The zero-order valence-corrected chi connectivity index (χ0v) is 13.2. The van der Waals surface area contributed by atoms with Crippen molar-refractivity contribution in [2.24, 2.45) is 13.0 Å². The third-order valence-corrected chi connectivity index (χ3v) is 4.28. The molecule has 1 nitrogen and oxygen atoms in total. The van der Waals surface area contributed by atoms with Gasteiger partial charge in [-0.25, -0.2) is 4.57 Å². The minimum atomic E-state index is 0.977. The molecule has 0 aliphatic carbocycles. The van der Waals surface area contributed by atoms with Crippen LogP contribution in [0.5, 0.6) is 0 Å². The summed E-state index contributed by atoms with van der Waals surface area (Å²) in [5, 5.41) is 0. The van der Waals surface area contributed by atoms with E-state index in [1.54, 1.807) is 0 Å². The third kappa shape index (κ3) is 7.34. The van der Waals surface area contributed by atoms with Crippen LogP contribution in [-0.2, 0) is 13.5 Å². The van der Waals surface area contributed by atoms with Crippen molar-refractivity contribution in [3.05, 3.63) is 30.1 Å². The Labute approximate surface area is 120 Å². The Morgan fingerprint density at radius 2 is 1.47 bits per heavy atom. The molecular weight excluding hydrogens is 230 g/mol. The number of unbranched alkanes of at least 4 members (excludes halogenated alkanes) is 4. The number of hydrogen-bond acceptors (Lipinski definition) is 0. The van der Waals surface area contributed by atoms with E-state index in [1.807, 2.05) is 0 Å². The summed E-state index contributed by atoms with van der Waals surface area (Å²) < 4.78 is 2.10. The fraction of sp³-hybridized carbons (Fsp3) is 0.722. The second-order valence-corrected chi connectivity index (χ2v) is 5.86. The fourth-order valence-electron chi connectivity index (χ4n) is 2.69. The van der Waals surface area contributed by atoms with Gasteiger partial charge < -0.3 is 0 Å². The molecule has 0 radical (unpaired) electrons. The van der Waals surface area contributed by atoms with E-state index in [-0.39, 0.29) is 0 Å². The molecular formula is C18H32N+. The fourth-order valence-corrected chi connectivity index (χ4v) is 2.69. The molecule has 0 aromatic carbocycles. The molecule has 1 aromatic rings. The van der Waals surface area contributed by atoms with Crippen LogP contribution in [0.25, 0.3) is 0 Å². The van der Waals surface area contributed by atoms with Crippen molar-refractivity contribution in [3.63, 3.8) is 0 Å². The Morgan fingerprint density at radius 3 is 2.11 bits per heavy atom. The third-order valence-electron chi connectivity index (χ3n) is 4.28. The van der Waals surface area contributed by atoms with Crippen LogP contribution < -0.4 is 4.57 Å². The van der Waals surface area contributed by atoms with Gasteiger partial charge in [-0.05, 0) is 24.3 Å². The molecule has 1 heteroatoms. The molecule has 0 saturated heterocycles. The molecule has 0 aliphatic heterocycles. The molecule has 0 fully saturated rings. The molecule has 1 rings (SSSR count). The van der Waals surface area contributed by atoms with Crippen LogP contribution >= 0.6 is 0 Å². The maximum Gasteiger partial charge on any atom is 0.168 e. The summed E-state index contributed by atoms with van der Waals surface area (Å²) in [6.45, 7) is 4.65. The molecule has 0 aliphatic rings. The molecule has 108 valence electrons. The number of pyridine rings is 1. The zero-order valence-electron chi connectivity index (χ0n) is 13.2. The normalized spacial score (nSPS) is 11.2. The van der Waals surface area contributed by atoms with Gasteiger partial charge in [0.25, 0.3) is 0 Å². The Morgan fingerprint density at radius 1 is 0.895 bits per heavy atom. The summed E-state index contributed by atoms with van der Waals surface area (Å²) in [7, 11) is 2.07. The molecule has 0 spiro atoms. The lowest BCUT2D eigenvalue weighted by Gasteiger charge is -2.11. The maximum atomic E-state index is 2.33. The van der Waals surface area contributed by atoms with Gasteiger partial charge in [-0.2, -0.15) is 0 Å². The second kappa shape index (κ2) is 10.00. The van der Waals surface area contributed by atoms with Crippen molar-refractivity contribution in [1.82, 2.24) is 0 Å². The monoisotopic (exact) mass is 262 g/mol. The van der Waals surface area contributed by atoms with Crippen molar-refractivity contribution in [2.45, 2.75) is 71.6 Å². The molecule has 0 atom stereocenters.